The van der Waals surface area contributed by atoms with Crippen molar-refractivity contribution in [3.05, 3.63) is 66.1 Å². The van der Waals surface area contributed by atoms with Crippen LogP contribution >= 0.6 is 0 Å². The van der Waals surface area contributed by atoms with E-state index in [2.05, 4.69) is 24.1 Å². The Hall–Kier alpha value is -2.62. The zero-order valence-corrected chi connectivity index (χ0v) is 12.1. The number of pyridine rings is 1. The van der Waals surface area contributed by atoms with Crippen LogP contribution in [0.15, 0.2) is 55.0 Å². The van der Waals surface area contributed by atoms with Gasteiger partial charge in [-0.05, 0) is 29.7 Å². The number of carbonyl (C=O) groups is 1. The van der Waals surface area contributed by atoms with Gasteiger partial charge in [-0.2, -0.15) is 0 Å². The number of hydrogen-bond donors (Lipinski definition) is 1. The van der Waals surface area contributed by atoms with E-state index in [0.717, 1.165) is 16.9 Å². The van der Waals surface area contributed by atoms with E-state index < -0.39 is 0 Å². The average Bonchev–Trinajstić information content (AvgIpc) is 2.94. The second kappa shape index (κ2) is 5.40. The SMILES string of the molecule is CC(C)c1ccccc1NC(=O)c1ccc2nccn2c1. The molecule has 2 heterocycles. The number of carbonyl (C=O) groups excluding carboxylic acids is 1. The molecular weight excluding hydrogens is 262 g/mol. The van der Waals surface area contributed by atoms with Crippen LogP contribution < -0.4 is 5.32 Å². The molecule has 4 heteroatoms. The van der Waals surface area contributed by atoms with Crippen molar-refractivity contribution in [1.29, 1.82) is 0 Å². The number of benzene rings is 1. The molecule has 106 valence electrons. The molecular formula is C17H17N3O. The molecule has 1 amide bonds. The Morgan fingerprint density at radius 3 is 2.81 bits per heavy atom. The Labute approximate surface area is 123 Å². The summed E-state index contributed by atoms with van der Waals surface area (Å²) < 4.78 is 1.84. The Balaban J connectivity index is 1.89. The second-order valence-corrected chi connectivity index (χ2v) is 5.31. The van der Waals surface area contributed by atoms with E-state index in [4.69, 9.17) is 0 Å². The van der Waals surface area contributed by atoms with Gasteiger partial charge in [-0.25, -0.2) is 4.98 Å². The quantitative estimate of drug-likeness (QED) is 0.794. The summed E-state index contributed by atoms with van der Waals surface area (Å²) in [5, 5.41) is 2.99. The molecule has 2 aromatic heterocycles. The molecule has 0 saturated heterocycles. The minimum absolute atomic E-state index is 0.112. The largest absolute Gasteiger partial charge is 0.322 e. The molecule has 3 aromatic rings. The summed E-state index contributed by atoms with van der Waals surface area (Å²) in [6.07, 6.45) is 5.33. The number of anilines is 1. The first kappa shape index (κ1) is 13.4. The van der Waals surface area contributed by atoms with Gasteiger partial charge in [-0.3, -0.25) is 4.79 Å². The average molecular weight is 279 g/mol. The molecule has 4 nitrogen and oxygen atoms in total. The molecule has 0 spiro atoms. The van der Waals surface area contributed by atoms with Gasteiger partial charge in [-0.15, -0.1) is 0 Å². The van der Waals surface area contributed by atoms with E-state index in [-0.39, 0.29) is 5.91 Å². The monoisotopic (exact) mass is 279 g/mol. The number of imidazole rings is 1. The van der Waals surface area contributed by atoms with Crippen LogP contribution in [0.25, 0.3) is 5.65 Å². The van der Waals surface area contributed by atoms with Crippen LogP contribution in [0.2, 0.25) is 0 Å². The van der Waals surface area contributed by atoms with Crippen molar-refractivity contribution in [2.45, 2.75) is 19.8 Å². The highest BCUT2D eigenvalue weighted by Crippen LogP contribution is 2.24. The number of amides is 1. The Morgan fingerprint density at radius 2 is 2.00 bits per heavy atom. The summed E-state index contributed by atoms with van der Waals surface area (Å²) >= 11 is 0. The van der Waals surface area contributed by atoms with Gasteiger partial charge in [0.25, 0.3) is 5.91 Å². The maximum Gasteiger partial charge on any atom is 0.257 e. The predicted octanol–water partition coefficient (Wildman–Crippen LogP) is 3.71. The highest BCUT2D eigenvalue weighted by molar-refractivity contribution is 6.04. The number of fused-ring (bicyclic) bond motifs is 1. The van der Waals surface area contributed by atoms with Crippen molar-refractivity contribution in [3.63, 3.8) is 0 Å². The summed E-state index contributed by atoms with van der Waals surface area (Å²) in [6.45, 7) is 4.23. The first-order valence-electron chi connectivity index (χ1n) is 6.98. The van der Waals surface area contributed by atoms with Crippen molar-refractivity contribution in [2.24, 2.45) is 0 Å². The maximum atomic E-state index is 12.4. The standard InChI is InChI=1S/C17H17N3O/c1-12(2)14-5-3-4-6-15(14)19-17(21)13-7-8-16-18-9-10-20(16)11-13/h3-12H,1-2H3,(H,19,21). The fourth-order valence-electron chi connectivity index (χ4n) is 2.36. The Kier molecular flexibility index (Phi) is 3.44. The third-order valence-electron chi connectivity index (χ3n) is 3.48. The number of nitrogens with one attached hydrogen (secondary N) is 1. The Bertz CT molecular complexity index is 789. The summed E-state index contributed by atoms with van der Waals surface area (Å²) in [5.41, 5.74) is 3.44. The second-order valence-electron chi connectivity index (χ2n) is 5.31. The third-order valence-corrected chi connectivity index (χ3v) is 3.48. The number of para-hydroxylation sites is 1. The highest BCUT2D eigenvalue weighted by Gasteiger charge is 2.11. The molecule has 0 bridgehead atoms. The van der Waals surface area contributed by atoms with Gasteiger partial charge in [0, 0.05) is 24.3 Å². The van der Waals surface area contributed by atoms with E-state index in [9.17, 15) is 4.79 Å². The van der Waals surface area contributed by atoms with Crippen LogP contribution in [-0.4, -0.2) is 15.3 Å². The first-order chi connectivity index (χ1) is 10.1. The minimum atomic E-state index is -0.112. The molecule has 1 aromatic carbocycles. The van der Waals surface area contributed by atoms with Gasteiger partial charge in [0.2, 0.25) is 0 Å². The third kappa shape index (κ3) is 2.65. The molecule has 21 heavy (non-hydrogen) atoms. The molecule has 0 aliphatic carbocycles. The lowest BCUT2D eigenvalue weighted by Crippen LogP contribution is -2.14. The summed E-state index contributed by atoms with van der Waals surface area (Å²) in [7, 11) is 0. The fourth-order valence-corrected chi connectivity index (χ4v) is 2.36. The molecule has 0 aliphatic rings. The lowest BCUT2D eigenvalue weighted by molar-refractivity contribution is 0.102. The fraction of sp³-hybridized carbons (Fsp3) is 0.176. The van der Waals surface area contributed by atoms with Gasteiger partial charge in [0.05, 0.1) is 5.56 Å². The molecule has 0 atom stereocenters. The number of aromatic nitrogens is 2. The van der Waals surface area contributed by atoms with Crippen molar-refractivity contribution in [2.75, 3.05) is 5.32 Å². The Morgan fingerprint density at radius 1 is 1.19 bits per heavy atom. The minimum Gasteiger partial charge on any atom is -0.322 e. The number of rotatable bonds is 3. The molecule has 0 fully saturated rings. The molecule has 3 rings (SSSR count). The molecule has 0 unspecified atom stereocenters. The van der Waals surface area contributed by atoms with Crippen molar-refractivity contribution in [1.82, 2.24) is 9.38 Å². The van der Waals surface area contributed by atoms with Crippen molar-refractivity contribution in [3.8, 4) is 0 Å². The highest BCUT2D eigenvalue weighted by atomic mass is 16.1. The van der Waals surface area contributed by atoms with Crippen LogP contribution in [-0.2, 0) is 0 Å². The van der Waals surface area contributed by atoms with Crippen LogP contribution in [0, 0.1) is 0 Å². The van der Waals surface area contributed by atoms with Gasteiger partial charge in [0.15, 0.2) is 0 Å². The van der Waals surface area contributed by atoms with Gasteiger partial charge in [0.1, 0.15) is 5.65 Å². The van der Waals surface area contributed by atoms with E-state index >= 15 is 0 Å². The lowest BCUT2D eigenvalue weighted by atomic mass is 10.0. The van der Waals surface area contributed by atoms with Gasteiger partial charge >= 0.3 is 0 Å². The molecule has 0 radical (unpaired) electrons. The smallest absolute Gasteiger partial charge is 0.257 e. The van der Waals surface area contributed by atoms with Crippen LogP contribution in [0.1, 0.15) is 35.7 Å². The first-order valence-corrected chi connectivity index (χ1v) is 6.98. The van der Waals surface area contributed by atoms with E-state index in [1.807, 2.05) is 40.9 Å². The normalized spacial score (nSPS) is 11.0. The summed E-state index contributed by atoms with van der Waals surface area (Å²) in [4.78, 5) is 16.6. The van der Waals surface area contributed by atoms with E-state index in [1.165, 1.54) is 0 Å². The lowest BCUT2D eigenvalue weighted by Gasteiger charge is -2.13. The van der Waals surface area contributed by atoms with E-state index in [0.29, 0.717) is 11.5 Å². The summed E-state index contributed by atoms with van der Waals surface area (Å²) in [6, 6.07) is 11.5. The van der Waals surface area contributed by atoms with Crippen LogP contribution in [0.5, 0.6) is 0 Å². The van der Waals surface area contributed by atoms with Crippen LogP contribution in [0.4, 0.5) is 5.69 Å². The predicted molar refractivity (Wildman–Crippen MR) is 83.7 cm³/mol. The molecule has 0 aliphatic heterocycles. The molecule has 1 N–H and O–H groups in total. The van der Waals surface area contributed by atoms with Crippen molar-refractivity contribution >= 4 is 17.2 Å². The van der Waals surface area contributed by atoms with Gasteiger partial charge < -0.3 is 9.72 Å². The summed E-state index contributed by atoms with van der Waals surface area (Å²) in [5.74, 6) is 0.247. The number of hydrogen-bond acceptors (Lipinski definition) is 2. The maximum absolute atomic E-state index is 12.4. The van der Waals surface area contributed by atoms with E-state index in [1.54, 1.807) is 18.5 Å². The van der Waals surface area contributed by atoms with Crippen molar-refractivity contribution < 1.29 is 4.79 Å². The topological polar surface area (TPSA) is 46.4 Å². The zero-order chi connectivity index (χ0) is 14.8. The molecule has 0 saturated carbocycles. The van der Waals surface area contributed by atoms with Crippen LogP contribution in [0.3, 0.4) is 0 Å². The zero-order valence-electron chi connectivity index (χ0n) is 12.1. The number of nitrogens with zero attached hydrogens (tertiary/aromatic N) is 2. The van der Waals surface area contributed by atoms with Gasteiger partial charge in [-0.1, -0.05) is 32.0 Å².